The Kier molecular flexibility index (Phi) is 3.52. The number of pyridine rings is 1. The maximum absolute atomic E-state index is 4.72. The SMILES string of the molecule is CCC1(C)CN(Cc2cn3ccccc3n2)C(C)CN1. The van der Waals surface area contributed by atoms with Crippen molar-refractivity contribution in [1.29, 1.82) is 0 Å². The van der Waals surface area contributed by atoms with E-state index in [1.54, 1.807) is 0 Å². The number of imidazole rings is 1. The van der Waals surface area contributed by atoms with Gasteiger partial charge in [0.05, 0.1) is 5.69 Å². The highest BCUT2D eigenvalue weighted by molar-refractivity contribution is 5.39. The topological polar surface area (TPSA) is 32.6 Å². The molecule has 1 aliphatic heterocycles. The van der Waals surface area contributed by atoms with E-state index in [1.807, 2.05) is 12.1 Å². The van der Waals surface area contributed by atoms with Crippen molar-refractivity contribution >= 4 is 5.65 Å². The molecule has 108 valence electrons. The first-order chi connectivity index (χ1) is 9.59. The first-order valence-corrected chi connectivity index (χ1v) is 7.51. The molecule has 1 aliphatic rings. The highest BCUT2D eigenvalue weighted by atomic mass is 15.3. The molecule has 0 saturated carbocycles. The molecule has 0 radical (unpaired) electrons. The maximum Gasteiger partial charge on any atom is 0.137 e. The predicted octanol–water partition coefficient (Wildman–Crippen LogP) is 2.30. The summed E-state index contributed by atoms with van der Waals surface area (Å²) in [6, 6.07) is 6.69. The molecule has 20 heavy (non-hydrogen) atoms. The molecule has 3 heterocycles. The molecule has 4 heteroatoms. The Morgan fingerprint density at radius 2 is 2.30 bits per heavy atom. The summed E-state index contributed by atoms with van der Waals surface area (Å²) in [4.78, 5) is 7.26. The minimum atomic E-state index is 0.228. The summed E-state index contributed by atoms with van der Waals surface area (Å²) >= 11 is 0. The van der Waals surface area contributed by atoms with Gasteiger partial charge < -0.3 is 9.72 Å². The average molecular weight is 272 g/mol. The van der Waals surface area contributed by atoms with Gasteiger partial charge in [-0.05, 0) is 32.4 Å². The summed E-state index contributed by atoms with van der Waals surface area (Å²) in [5.41, 5.74) is 2.41. The molecule has 2 atom stereocenters. The van der Waals surface area contributed by atoms with Gasteiger partial charge in [0.2, 0.25) is 0 Å². The lowest BCUT2D eigenvalue weighted by molar-refractivity contribution is 0.0856. The molecule has 3 rings (SSSR count). The maximum atomic E-state index is 4.72. The molecule has 1 saturated heterocycles. The summed E-state index contributed by atoms with van der Waals surface area (Å²) in [5, 5.41) is 3.67. The van der Waals surface area contributed by atoms with Crippen LogP contribution >= 0.6 is 0 Å². The number of hydrogen-bond acceptors (Lipinski definition) is 3. The summed E-state index contributed by atoms with van der Waals surface area (Å²) in [7, 11) is 0. The van der Waals surface area contributed by atoms with Gasteiger partial charge in [-0.1, -0.05) is 13.0 Å². The normalized spacial score (nSPS) is 28.1. The Labute approximate surface area is 120 Å². The van der Waals surface area contributed by atoms with E-state index < -0.39 is 0 Å². The second-order valence-electron chi connectivity index (χ2n) is 6.25. The van der Waals surface area contributed by atoms with Crippen LogP contribution in [0.2, 0.25) is 0 Å². The van der Waals surface area contributed by atoms with Crippen molar-refractivity contribution in [2.45, 2.75) is 45.3 Å². The van der Waals surface area contributed by atoms with Crippen LogP contribution in [-0.4, -0.2) is 39.0 Å². The van der Waals surface area contributed by atoms with Crippen LogP contribution in [0.25, 0.3) is 5.65 Å². The van der Waals surface area contributed by atoms with Crippen molar-refractivity contribution in [2.75, 3.05) is 13.1 Å². The van der Waals surface area contributed by atoms with Crippen LogP contribution in [0.3, 0.4) is 0 Å². The number of aromatic nitrogens is 2. The monoisotopic (exact) mass is 272 g/mol. The zero-order chi connectivity index (χ0) is 14.2. The molecule has 1 N–H and O–H groups in total. The van der Waals surface area contributed by atoms with Crippen molar-refractivity contribution in [3.05, 3.63) is 36.3 Å². The van der Waals surface area contributed by atoms with E-state index >= 15 is 0 Å². The van der Waals surface area contributed by atoms with Gasteiger partial charge in [-0.15, -0.1) is 0 Å². The molecule has 2 unspecified atom stereocenters. The van der Waals surface area contributed by atoms with Crippen LogP contribution in [0.15, 0.2) is 30.6 Å². The van der Waals surface area contributed by atoms with Gasteiger partial charge in [-0.2, -0.15) is 0 Å². The second-order valence-corrected chi connectivity index (χ2v) is 6.25. The molecule has 1 fully saturated rings. The predicted molar refractivity (Wildman–Crippen MR) is 81.8 cm³/mol. The first kappa shape index (κ1) is 13.6. The van der Waals surface area contributed by atoms with Crippen LogP contribution in [-0.2, 0) is 6.54 Å². The van der Waals surface area contributed by atoms with Gasteiger partial charge in [-0.3, -0.25) is 4.90 Å². The Morgan fingerprint density at radius 1 is 1.45 bits per heavy atom. The van der Waals surface area contributed by atoms with Gasteiger partial charge in [0.15, 0.2) is 0 Å². The standard InChI is InChI=1S/C16H24N4/c1-4-16(3)12-20(13(2)9-17-16)11-14-10-19-8-6-5-7-15(19)18-14/h5-8,10,13,17H,4,9,11-12H2,1-3H3. The number of rotatable bonds is 3. The van der Waals surface area contributed by atoms with Gasteiger partial charge in [0, 0.05) is 43.6 Å². The quantitative estimate of drug-likeness (QED) is 0.930. The van der Waals surface area contributed by atoms with Crippen LogP contribution in [0.4, 0.5) is 0 Å². The number of hydrogen-bond donors (Lipinski definition) is 1. The van der Waals surface area contributed by atoms with Crippen LogP contribution < -0.4 is 5.32 Å². The number of nitrogens with zero attached hydrogens (tertiary/aromatic N) is 3. The van der Waals surface area contributed by atoms with E-state index in [4.69, 9.17) is 4.98 Å². The molecule has 0 aromatic carbocycles. The fourth-order valence-electron chi connectivity index (χ4n) is 2.90. The third kappa shape index (κ3) is 2.58. The lowest BCUT2D eigenvalue weighted by Crippen LogP contribution is -2.61. The van der Waals surface area contributed by atoms with Gasteiger partial charge in [0.25, 0.3) is 0 Å². The third-order valence-electron chi connectivity index (χ3n) is 4.56. The summed E-state index contributed by atoms with van der Waals surface area (Å²) in [6.07, 6.45) is 5.36. The fourth-order valence-corrected chi connectivity index (χ4v) is 2.90. The van der Waals surface area contributed by atoms with Crippen LogP contribution in [0.5, 0.6) is 0 Å². The van der Waals surface area contributed by atoms with E-state index in [0.717, 1.165) is 37.4 Å². The Bertz CT molecular complexity index is 558. The first-order valence-electron chi connectivity index (χ1n) is 7.51. The van der Waals surface area contributed by atoms with Crippen molar-refractivity contribution in [3.63, 3.8) is 0 Å². The molecular formula is C16H24N4. The fraction of sp³-hybridized carbons (Fsp3) is 0.562. The lowest BCUT2D eigenvalue weighted by atomic mass is 9.94. The minimum Gasteiger partial charge on any atom is -0.309 e. The van der Waals surface area contributed by atoms with E-state index in [0.29, 0.717) is 6.04 Å². The summed E-state index contributed by atoms with van der Waals surface area (Å²) < 4.78 is 2.10. The average Bonchev–Trinajstić information content (AvgIpc) is 2.85. The zero-order valence-corrected chi connectivity index (χ0v) is 12.6. The third-order valence-corrected chi connectivity index (χ3v) is 4.56. The lowest BCUT2D eigenvalue weighted by Gasteiger charge is -2.44. The Hall–Kier alpha value is -1.39. The van der Waals surface area contributed by atoms with Gasteiger partial charge >= 0.3 is 0 Å². The molecule has 2 aromatic heterocycles. The van der Waals surface area contributed by atoms with Crippen molar-refractivity contribution in [1.82, 2.24) is 19.6 Å². The number of nitrogens with one attached hydrogen (secondary N) is 1. The number of fused-ring (bicyclic) bond motifs is 1. The van der Waals surface area contributed by atoms with Gasteiger partial charge in [-0.25, -0.2) is 4.98 Å². The molecule has 0 aliphatic carbocycles. The second kappa shape index (κ2) is 5.19. The van der Waals surface area contributed by atoms with Crippen LogP contribution in [0, 0.1) is 0 Å². The van der Waals surface area contributed by atoms with Crippen molar-refractivity contribution < 1.29 is 0 Å². The van der Waals surface area contributed by atoms with Gasteiger partial charge in [0.1, 0.15) is 5.65 Å². The van der Waals surface area contributed by atoms with E-state index in [-0.39, 0.29) is 5.54 Å². The molecule has 2 aromatic rings. The Balaban J connectivity index is 1.78. The Morgan fingerprint density at radius 3 is 3.05 bits per heavy atom. The van der Waals surface area contributed by atoms with Crippen molar-refractivity contribution in [3.8, 4) is 0 Å². The molecule has 0 spiro atoms. The minimum absolute atomic E-state index is 0.228. The molecular weight excluding hydrogens is 248 g/mol. The highest BCUT2D eigenvalue weighted by Gasteiger charge is 2.32. The number of piperazine rings is 1. The smallest absolute Gasteiger partial charge is 0.137 e. The molecule has 0 bridgehead atoms. The van der Waals surface area contributed by atoms with Crippen LogP contribution in [0.1, 0.15) is 32.9 Å². The molecule has 0 amide bonds. The summed E-state index contributed by atoms with van der Waals surface area (Å²) in [5.74, 6) is 0. The van der Waals surface area contributed by atoms with E-state index in [9.17, 15) is 0 Å². The van der Waals surface area contributed by atoms with Crippen molar-refractivity contribution in [2.24, 2.45) is 0 Å². The summed E-state index contributed by atoms with van der Waals surface area (Å²) in [6.45, 7) is 9.93. The van der Waals surface area contributed by atoms with E-state index in [1.165, 1.54) is 0 Å². The zero-order valence-electron chi connectivity index (χ0n) is 12.6. The highest BCUT2D eigenvalue weighted by Crippen LogP contribution is 2.20. The molecule has 4 nitrogen and oxygen atoms in total. The van der Waals surface area contributed by atoms with E-state index in [2.05, 4.69) is 53.8 Å². The largest absolute Gasteiger partial charge is 0.309 e.